The van der Waals surface area contributed by atoms with Crippen LogP contribution in [0.25, 0.3) is 5.65 Å². The number of nitrogens with two attached hydrogens (primary N) is 1. The highest BCUT2D eigenvalue weighted by atomic mass is 16.5. The summed E-state index contributed by atoms with van der Waals surface area (Å²) in [4.78, 5) is 8.53. The van der Waals surface area contributed by atoms with Crippen molar-refractivity contribution in [3.05, 3.63) is 30.2 Å². The molecule has 1 fully saturated rings. The number of aliphatic imine (C=N–C) groups is 1. The molecule has 0 spiro atoms. The van der Waals surface area contributed by atoms with Gasteiger partial charge in [-0.25, -0.2) is 14.5 Å². The number of fused-ring (bicyclic) bond motifs is 1. The average molecular weight is 274 g/mol. The van der Waals surface area contributed by atoms with Crippen molar-refractivity contribution in [3.8, 4) is 0 Å². The van der Waals surface area contributed by atoms with Crippen LogP contribution in [-0.2, 0) is 11.3 Å². The van der Waals surface area contributed by atoms with Gasteiger partial charge in [-0.3, -0.25) is 0 Å². The number of rotatable bonds is 4. The molecule has 0 aliphatic carbocycles. The topological polar surface area (TPSA) is 89.8 Å². The molecule has 3 N–H and O–H groups in total. The molecular formula is C13H18N6O. The summed E-state index contributed by atoms with van der Waals surface area (Å²) in [7, 11) is 0. The normalized spacial score (nSPS) is 19.6. The number of hydrogen-bond acceptors (Lipinski definition) is 4. The summed E-state index contributed by atoms with van der Waals surface area (Å²) in [5.41, 5.74) is 7.61. The van der Waals surface area contributed by atoms with Gasteiger partial charge in [-0.15, -0.1) is 0 Å². The van der Waals surface area contributed by atoms with Gasteiger partial charge in [0.05, 0.1) is 24.5 Å². The molecule has 3 rings (SSSR count). The molecule has 106 valence electrons. The lowest BCUT2D eigenvalue weighted by Gasteiger charge is -2.11. The van der Waals surface area contributed by atoms with Gasteiger partial charge in [0, 0.05) is 25.4 Å². The van der Waals surface area contributed by atoms with E-state index in [-0.39, 0.29) is 6.10 Å². The maximum atomic E-state index is 5.86. The first-order valence-corrected chi connectivity index (χ1v) is 6.76. The molecule has 1 atom stereocenters. The highest BCUT2D eigenvalue weighted by molar-refractivity contribution is 5.77. The predicted octanol–water partition coefficient (Wildman–Crippen LogP) is 0.313. The van der Waals surface area contributed by atoms with Crippen molar-refractivity contribution in [2.75, 3.05) is 13.2 Å². The van der Waals surface area contributed by atoms with E-state index in [0.717, 1.165) is 30.8 Å². The molecule has 0 saturated carbocycles. The van der Waals surface area contributed by atoms with Gasteiger partial charge in [0.2, 0.25) is 0 Å². The zero-order valence-electron chi connectivity index (χ0n) is 11.2. The molecule has 0 bridgehead atoms. The molecule has 2 aromatic rings. The minimum absolute atomic E-state index is 0.252. The maximum absolute atomic E-state index is 5.86. The molecule has 20 heavy (non-hydrogen) atoms. The Kier molecular flexibility index (Phi) is 3.78. The molecule has 1 unspecified atom stereocenters. The van der Waals surface area contributed by atoms with Crippen LogP contribution in [0.1, 0.15) is 18.5 Å². The third-order valence-electron chi connectivity index (χ3n) is 3.31. The van der Waals surface area contributed by atoms with Crippen molar-refractivity contribution < 1.29 is 4.74 Å². The van der Waals surface area contributed by atoms with Crippen molar-refractivity contribution in [2.45, 2.75) is 25.5 Å². The Bertz CT molecular complexity index is 602. The van der Waals surface area contributed by atoms with Crippen molar-refractivity contribution in [1.82, 2.24) is 19.9 Å². The Morgan fingerprint density at radius 2 is 2.45 bits per heavy atom. The van der Waals surface area contributed by atoms with Gasteiger partial charge in [0.25, 0.3) is 0 Å². The minimum Gasteiger partial charge on any atom is -0.376 e. The van der Waals surface area contributed by atoms with Gasteiger partial charge in [-0.05, 0) is 18.9 Å². The van der Waals surface area contributed by atoms with E-state index in [4.69, 9.17) is 10.5 Å². The number of nitrogens with one attached hydrogen (secondary N) is 1. The van der Waals surface area contributed by atoms with Crippen molar-refractivity contribution in [2.24, 2.45) is 10.7 Å². The van der Waals surface area contributed by atoms with Crippen LogP contribution in [0.3, 0.4) is 0 Å². The van der Waals surface area contributed by atoms with E-state index in [2.05, 4.69) is 20.4 Å². The summed E-state index contributed by atoms with van der Waals surface area (Å²) in [5.74, 6) is 0.428. The first-order valence-electron chi connectivity index (χ1n) is 6.76. The standard InChI is InChI=1S/C13H18N6O/c14-13(17-9-11-2-1-7-20-11)16-8-10-3-5-15-12-4-6-18-19(10)12/h3-6,11H,1-2,7-9H2,(H3,14,16,17). The number of nitrogens with zero attached hydrogens (tertiary/aromatic N) is 4. The van der Waals surface area contributed by atoms with E-state index in [0.29, 0.717) is 19.0 Å². The highest BCUT2D eigenvalue weighted by Crippen LogP contribution is 2.10. The second-order valence-corrected chi connectivity index (χ2v) is 4.75. The van der Waals surface area contributed by atoms with E-state index >= 15 is 0 Å². The summed E-state index contributed by atoms with van der Waals surface area (Å²) in [6.07, 6.45) is 5.92. The van der Waals surface area contributed by atoms with E-state index < -0.39 is 0 Å². The number of ether oxygens (including phenoxy) is 1. The van der Waals surface area contributed by atoms with Crippen LogP contribution in [0.2, 0.25) is 0 Å². The second kappa shape index (κ2) is 5.87. The zero-order valence-corrected chi connectivity index (χ0v) is 11.2. The SMILES string of the molecule is NC(=NCc1ccnc2ccnn12)NCC1CCCO1. The quantitative estimate of drug-likeness (QED) is 0.619. The first-order chi connectivity index (χ1) is 9.83. The Morgan fingerprint density at radius 1 is 1.50 bits per heavy atom. The molecule has 1 aliphatic rings. The Labute approximate surface area is 116 Å². The Morgan fingerprint density at radius 3 is 3.30 bits per heavy atom. The minimum atomic E-state index is 0.252. The lowest BCUT2D eigenvalue weighted by molar-refractivity contribution is 0.114. The summed E-state index contributed by atoms with van der Waals surface area (Å²) in [6, 6.07) is 3.74. The summed E-state index contributed by atoms with van der Waals surface area (Å²) >= 11 is 0. The van der Waals surface area contributed by atoms with E-state index in [1.54, 1.807) is 16.9 Å². The monoisotopic (exact) mass is 274 g/mol. The van der Waals surface area contributed by atoms with Crippen LogP contribution in [0.5, 0.6) is 0 Å². The van der Waals surface area contributed by atoms with Gasteiger partial charge in [-0.2, -0.15) is 5.10 Å². The van der Waals surface area contributed by atoms with Gasteiger partial charge < -0.3 is 15.8 Å². The molecule has 2 aromatic heterocycles. The van der Waals surface area contributed by atoms with Crippen LogP contribution < -0.4 is 11.1 Å². The molecule has 3 heterocycles. The number of hydrogen-bond donors (Lipinski definition) is 2. The fourth-order valence-electron chi connectivity index (χ4n) is 2.25. The van der Waals surface area contributed by atoms with Crippen molar-refractivity contribution in [3.63, 3.8) is 0 Å². The zero-order chi connectivity index (χ0) is 13.8. The maximum Gasteiger partial charge on any atom is 0.189 e. The molecule has 1 saturated heterocycles. The molecular weight excluding hydrogens is 256 g/mol. The van der Waals surface area contributed by atoms with E-state index in [1.807, 2.05) is 12.1 Å². The van der Waals surface area contributed by atoms with E-state index in [9.17, 15) is 0 Å². The number of guanidine groups is 1. The predicted molar refractivity (Wildman–Crippen MR) is 75.3 cm³/mol. The van der Waals surface area contributed by atoms with Crippen molar-refractivity contribution in [1.29, 1.82) is 0 Å². The van der Waals surface area contributed by atoms with Crippen LogP contribution in [0, 0.1) is 0 Å². The third-order valence-corrected chi connectivity index (χ3v) is 3.31. The first kappa shape index (κ1) is 12.9. The van der Waals surface area contributed by atoms with Gasteiger partial charge in [-0.1, -0.05) is 0 Å². The fraction of sp³-hybridized carbons (Fsp3) is 0.462. The van der Waals surface area contributed by atoms with E-state index in [1.165, 1.54) is 0 Å². The molecule has 1 aliphatic heterocycles. The lowest BCUT2D eigenvalue weighted by atomic mass is 10.2. The van der Waals surface area contributed by atoms with Crippen LogP contribution in [-0.4, -0.2) is 39.8 Å². The van der Waals surface area contributed by atoms with Crippen LogP contribution in [0.4, 0.5) is 0 Å². The van der Waals surface area contributed by atoms with Gasteiger partial charge in [0.15, 0.2) is 11.6 Å². The van der Waals surface area contributed by atoms with Gasteiger partial charge in [0.1, 0.15) is 0 Å². The Balaban J connectivity index is 1.59. The number of aromatic nitrogens is 3. The third kappa shape index (κ3) is 2.88. The largest absolute Gasteiger partial charge is 0.376 e. The average Bonchev–Trinajstić information content (AvgIpc) is 3.13. The van der Waals surface area contributed by atoms with Crippen LogP contribution in [0.15, 0.2) is 29.5 Å². The Hall–Kier alpha value is -2.15. The second-order valence-electron chi connectivity index (χ2n) is 4.75. The van der Waals surface area contributed by atoms with Crippen molar-refractivity contribution >= 4 is 11.6 Å². The summed E-state index contributed by atoms with van der Waals surface area (Å²) in [6.45, 7) is 2.02. The highest BCUT2D eigenvalue weighted by Gasteiger charge is 2.14. The lowest BCUT2D eigenvalue weighted by Crippen LogP contribution is -2.37. The molecule has 7 heteroatoms. The molecule has 0 amide bonds. The molecule has 7 nitrogen and oxygen atoms in total. The van der Waals surface area contributed by atoms with Gasteiger partial charge >= 0.3 is 0 Å². The fourth-order valence-corrected chi connectivity index (χ4v) is 2.25. The molecule has 0 aromatic carbocycles. The molecule has 0 radical (unpaired) electrons. The summed E-state index contributed by atoms with van der Waals surface area (Å²) in [5, 5.41) is 7.30. The smallest absolute Gasteiger partial charge is 0.189 e. The van der Waals surface area contributed by atoms with Crippen LogP contribution >= 0.6 is 0 Å². The summed E-state index contributed by atoms with van der Waals surface area (Å²) < 4.78 is 7.28.